The average molecular weight is 272 g/mol. The summed E-state index contributed by atoms with van der Waals surface area (Å²) >= 11 is 0. The highest BCUT2D eigenvalue weighted by Crippen LogP contribution is 2.19. The summed E-state index contributed by atoms with van der Waals surface area (Å²) in [5.74, 6) is -0.631. The van der Waals surface area contributed by atoms with Gasteiger partial charge in [-0.1, -0.05) is 0 Å². The minimum atomic E-state index is -0.834. The lowest BCUT2D eigenvalue weighted by molar-refractivity contribution is -0.193. The molecule has 6 nitrogen and oxygen atoms in total. The van der Waals surface area contributed by atoms with Crippen molar-refractivity contribution in [3.8, 4) is 0 Å². The molecular weight excluding hydrogens is 248 g/mol. The molecule has 0 bridgehead atoms. The van der Waals surface area contributed by atoms with Crippen LogP contribution in [0.5, 0.6) is 0 Å². The minimum absolute atomic E-state index is 0.0578. The van der Waals surface area contributed by atoms with Crippen molar-refractivity contribution in [3.63, 3.8) is 0 Å². The number of carboxylic acid groups (broad SMARTS) is 1. The molecule has 6 heteroatoms. The molecule has 19 heavy (non-hydrogen) atoms. The van der Waals surface area contributed by atoms with Crippen LogP contribution in [-0.4, -0.2) is 65.3 Å². The predicted octanol–water partition coefficient (Wildman–Crippen LogP) is 0.766. The number of likely N-dealkylation sites (tertiary alicyclic amines) is 1. The first kappa shape index (κ1) is 16.1. The Balaban J connectivity index is 2.68. The minimum Gasteiger partial charge on any atom is -0.481 e. The summed E-state index contributed by atoms with van der Waals surface area (Å²) in [6.45, 7) is 7.27. The topological polar surface area (TPSA) is 70.1 Å². The number of ketones is 1. The molecule has 110 valence electrons. The van der Waals surface area contributed by atoms with E-state index in [9.17, 15) is 9.59 Å². The number of carboxylic acids is 1. The highest BCUT2D eigenvalue weighted by Gasteiger charge is 2.32. The maximum atomic E-state index is 11.4. The van der Waals surface area contributed by atoms with Crippen LogP contribution in [0.2, 0.25) is 0 Å². The Morgan fingerprint density at radius 2 is 2.16 bits per heavy atom. The van der Waals surface area contributed by atoms with E-state index in [-0.39, 0.29) is 24.2 Å². The number of hydrogen-bond acceptors (Lipinski definition) is 5. The molecule has 0 aromatic carbocycles. The molecule has 1 saturated heterocycles. The van der Waals surface area contributed by atoms with Crippen molar-refractivity contribution < 1.29 is 19.4 Å². The zero-order valence-corrected chi connectivity index (χ0v) is 12.2. The van der Waals surface area contributed by atoms with Gasteiger partial charge in [0.15, 0.2) is 6.35 Å². The largest absolute Gasteiger partial charge is 0.481 e. The van der Waals surface area contributed by atoms with Gasteiger partial charge < -0.3 is 9.84 Å². The van der Waals surface area contributed by atoms with Gasteiger partial charge in [-0.3, -0.25) is 19.4 Å². The van der Waals surface area contributed by atoms with Crippen molar-refractivity contribution in [2.24, 2.45) is 0 Å². The molecule has 1 aliphatic heterocycles. The molecule has 0 aliphatic carbocycles. The van der Waals surface area contributed by atoms with Gasteiger partial charge in [0.2, 0.25) is 0 Å². The van der Waals surface area contributed by atoms with Crippen molar-refractivity contribution in [1.29, 1.82) is 0 Å². The van der Waals surface area contributed by atoms with Crippen molar-refractivity contribution in [2.75, 3.05) is 26.7 Å². The number of carbonyl (C=O) groups excluding carboxylic acids is 1. The molecule has 1 atom stereocenters. The summed E-state index contributed by atoms with van der Waals surface area (Å²) in [5, 5.41) is 8.75. The number of carbonyl (C=O) groups is 2. The zero-order valence-electron chi connectivity index (χ0n) is 12.2. The molecule has 0 spiro atoms. The van der Waals surface area contributed by atoms with E-state index in [1.54, 1.807) is 0 Å². The molecule has 0 amide bonds. The lowest BCUT2D eigenvalue weighted by Crippen LogP contribution is -2.51. The molecule has 0 aromatic rings. The maximum absolute atomic E-state index is 11.4. The van der Waals surface area contributed by atoms with Gasteiger partial charge in [-0.05, 0) is 27.8 Å². The van der Waals surface area contributed by atoms with Gasteiger partial charge in [0.05, 0.1) is 18.6 Å². The van der Waals surface area contributed by atoms with Crippen LogP contribution in [0, 0.1) is 0 Å². The van der Waals surface area contributed by atoms with E-state index in [4.69, 9.17) is 9.84 Å². The Morgan fingerprint density at radius 1 is 1.53 bits per heavy atom. The summed E-state index contributed by atoms with van der Waals surface area (Å²) in [4.78, 5) is 25.9. The average Bonchev–Trinajstić information content (AvgIpc) is 2.68. The van der Waals surface area contributed by atoms with E-state index in [1.165, 1.54) is 0 Å². The van der Waals surface area contributed by atoms with Crippen LogP contribution in [0.1, 0.15) is 33.6 Å². The van der Waals surface area contributed by atoms with E-state index in [1.807, 2.05) is 37.6 Å². The van der Waals surface area contributed by atoms with Gasteiger partial charge in [-0.25, -0.2) is 0 Å². The lowest BCUT2D eigenvalue weighted by atomic mass is 10.2. The van der Waals surface area contributed by atoms with E-state index in [0.29, 0.717) is 26.1 Å². The van der Waals surface area contributed by atoms with Gasteiger partial charge in [0.25, 0.3) is 0 Å². The SMILES string of the molecule is CN(CCC(=O)O)C(OC(C)(C)C)N1CCC(=O)C1. The lowest BCUT2D eigenvalue weighted by Gasteiger charge is -2.38. The Hall–Kier alpha value is -0.980. The van der Waals surface area contributed by atoms with E-state index < -0.39 is 5.97 Å². The first-order chi connectivity index (χ1) is 8.69. The number of rotatable bonds is 6. The molecule has 1 fully saturated rings. The third-order valence-electron chi connectivity index (χ3n) is 2.88. The van der Waals surface area contributed by atoms with Crippen LogP contribution in [-0.2, 0) is 14.3 Å². The van der Waals surface area contributed by atoms with Gasteiger partial charge in [0.1, 0.15) is 5.78 Å². The standard InChI is InChI=1S/C13H24N2O4/c1-13(2,3)19-12(14(4)7-6-11(17)18)15-8-5-10(16)9-15/h12H,5-9H2,1-4H3,(H,17,18). The van der Waals surface area contributed by atoms with E-state index in [2.05, 4.69) is 0 Å². The molecule has 1 aliphatic rings. The van der Waals surface area contributed by atoms with E-state index >= 15 is 0 Å². The van der Waals surface area contributed by atoms with Crippen molar-refractivity contribution in [2.45, 2.75) is 45.6 Å². The normalized spacial score (nSPS) is 19.1. The van der Waals surface area contributed by atoms with Crippen LogP contribution in [0.4, 0.5) is 0 Å². The van der Waals surface area contributed by atoms with Crippen LogP contribution in [0.15, 0.2) is 0 Å². The maximum Gasteiger partial charge on any atom is 0.304 e. The number of nitrogens with zero attached hydrogens (tertiary/aromatic N) is 2. The van der Waals surface area contributed by atoms with Crippen LogP contribution < -0.4 is 0 Å². The Bertz CT molecular complexity index is 338. The van der Waals surface area contributed by atoms with Gasteiger partial charge in [0, 0.05) is 19.5 Å². The predicted molar refractivity (Wildman–Crippen MR) is 70.7 cm³/mol. The monoisotopic (exact) mass is 272 g/mol. The number of Topliss-reactive ketones (excluding diaryl/α,β-unsaturated/α-hetero) is 1. The highest BCUT2D eigenvalue weighted by atomic mass is 16.5. The van der Waals surface area contributed by atoms with Gasteiger partial charge in [-0.2, -0.15) is 0 Å². The zero-order chi connectivity index (χ0) is 14.6. The third-order valence-corrected chi connectivity index (χ3v) is 2.88. The van der Waals surface area contributed by atoms with Crippen LogP contribution in [0.3, 0.4) is 0 Å². The molecule has 1 heterocycles. The van der Waals surface area contributed by atoms with Gasteiger partial charge in [-0.15, -0.1) is 0 Å². The quantitative estimate of drug-likeness (QED) is 0.720. The first-order valence-electron chi connectivity index (χ1n) is 6.54. The van der Waals surface area contributed by atoms with Crippen molar-refractivity contribution in [1.82, 2.24) is 9.80 Å². The smallest absolute Gasteiger partial charge is 0.304 e. The Kier molecular flexibility index (Phi) is 5.46. The third kappa shape index (κ3) is 5.67. The number of hydrogen-bond donors (Lipinski definition) is 1. The number of ether oxygens (including phenoxy) is 1. The summed E-state index contributed by atoms with van der Waals surface area (Å²) in [6, 6.07) is 0. The highest BCUT2D eigenvalue weighted by molar-refractivity contribution is 5.82. The fraction of sp³-hybridized carbons (Fsp3) is 0.846. The summed E-state index contributed by atoms with van der Waals surface area (Å²) in [5.41, 5.74) is -0.353. The summed E-state index contributed by atoms with van der Waals surface area (Å²) in [7, 11) is 1.82. The molecule has 0 radical (unpaired) electrons. The second-order valence-electron chi connectivity index (χ2n) is 5.94. The first-order valence-corrected chi connectivity index (χ1v) is 6.54. The summed E-state index contributed by atoms with van der Waals surface area (Å²) in [6.07, 6.45) is 0.241. The van der Waals surface area contributed by atoms with Crippen molar-refractivity contribution in [3.05, 3.63) is 0 Å². The summed E-state index contributed by atoms with van der Waals surface area (Å²) < 4.78 is 5.97. The number of aliphatic carboxylic acids is 1. The molecular formula is C13H24N2O4. The second-order valence-corrected chi connectivity index (χ2v) is 5.94. The Morgan fingerprint density at radius 3 is 2.58 bits per heavy atom. The van der Waals surface area contributed by atoms with Gasteiger partial charge >= 0.3 is 5.97 Å². The fourth-order valence-corrected chi connectivity index (χ4v) is 1.98. The fourth-order valence-electron chi connectivity index (χ4n) is 1.98. The van der Waals surface area contributed by atoms with Crippen LogP contribution >= 0.6 is 0 Å². The Labute approximate surface area is 114 Å². The molecule has 1 unspecified atom stereocenters. The second kappa shape index (κ2) is 6.45. The van der Waals surface area contributed by atoms with E-state index in [0.717, 1.165) is 0 Å². The molecule has 1 N–H and O–H groups in total. The molecule has 1 rings (SSSR count). The molecule has 0 saturated carbocycles. The molecule has 0 aromatic heterocycles. The van der Waals surface area contributed by atoms with Crippen LogP contribution in [0.25, 0.3) is 0 Å². The van der Waals surface area contributed by atoms with Crippen molar-refractivity contribution >= 4 is 11.8 Å².